The molecule has 3 rings (SSSR count). The molecule has 2 aromatic rings. The third kappa shape index (κ3) is 4.50. The zero-order chi connectivity index (χ0) is 15.5. The van der Waals surface area contributed by atoms with Crippen LogP contribution in [0.2, 0.25) is 0 Å². The maximum absolute atomic E-state index is 12.1. The van der Waals surface area contributed by atoms with Crippen molar-refractivity contribution in [2.24, 2.45) is 0 Å². The highest BCUT2D eigenvalue weighted by molar-refractivity contribution is 5.85. The number of nitrogens with zero attached hydrogens (tertiary/aromatic N) is 2. The van der Waals surface area contributed by atoms with Gasteiger partial charge in [-0.3, -0.25) is 4.79 Å². The molecule has 0 saturated carbocycles. The fourth-order valence-corrected chi connectivity index (χ4v) is 2.88. The van der Waals surface area contributed by atoms with E-state index in [1.807, 2.05) is 24.6 Å². The first-order chi connectivity index (χ1) is 10.6. The second kappa shape index (κ2) is 9.06. The number of rotatable bonds is 4. The monoisotopic (exact) mass is 370 g/mol. The molecule has 1 fully saturated rings. The average Bonchev–Trinajstić information content (AvgIpc) is 3.18. The van der Waals surface area contributed by atoms with Gasteiger partial charge in [0.2, 0.25) is 5.91 Å². The number of carbonyl (C=O) groups is 1. The van der Waals surface area contributed by atoms with Crippen molar-refractivity contribution in [2.45, 2.75) is 38.8 Å². The number of amides is 1. The number of carbonyl (C=O) groups excluding carboxylic acids is 1. The molecule has 5 nitrogen and oxygen atoms in total. The molecule has 2 atom stereocenters. The molecule has 2 heterocycles. The molecule has 1 saturated heterocycles. The largest absolute Gasteiger partial charge is 0.348 e. The van der Waals surface area contributed by atoms with Gasteiger partial charge in [-0.15, -0.1) is 24.8 Å². The molecule has 1 aliphatic heterocycles. The van der Waals surface area contributed by atoms with Crippen LogP contribution in [0.4, 0.5) is 0 Å². The topological polar surface area (TPSA) is 59.0 Å². The van der Waals surface area contributed by atoms with Gasteiger partial charge in [0.15, 0.2) is 0 Å². The van der Waals surface area contributed by atoms with Crippen LogP contribution in [-0.4, -0.2) is 28.0 Å². The Hall–Kier alpha value is -1.56. The first-order valence-electron chi connectivity index (χ1n) is 7.79. The molecule has 132 valence electrons. The van der Waals surface area contributed by atoms with Crippen LogP contribution in [0, 0.1) is 6.92 Å². The lowest BCUT2D eigenvalue weighted by molar-refractivity contribution is -0.123. The van der Waals surface area contributed by atoms with Crippen molar-refractivity contribution in [1.82, 2.24) is 20.2 Å². The van der Waals surface area contributed by atoms with E-state index in [9.17, 15) is 4.79 Å². The van der Waals surface area contributed by atoms with Gasteiger partial charge in [0.05, 0.1) is 12.1 Å². The van der Waals surface area contributed by atoms with E-state index in [1.165, 1.54) is 0 Å². The summed E-state index contributed by atoms with van der Waals surface area (Å²) in [6.07, 6.45) is 5.74. The van der Waals surface area contributed by atoms with E-state index < -0.39 is 0 Å². The van der Waals surface area contributed by atoms with Crippen molar-refractivity contribution in [2.75, 3.05) is 6.54 Å². The quantitative estimate of drug-likeness (QED) is 0.869. The number of halogens is 2. The summed E-state index contributed by atoms with van der Waals surface area (Å²) in [5.41, 5.74) is 2.18. The first-order valence-corrected chi connectivity index (χ1v) is 7.79. The fraction of sp³-hybridized carbons (Fsp3) is 0.412. The average molecular weight is 371 g/mol. The van der Waals surface area contributed by atoms with E-state index in [4.69, 9.17) is 0 Å². The molecule has 0 radical (unpaired) electrons. The third-order valence-electron chi connectivity index (χ3n) is 4.23. The molecule has 1 aliphatic rings. The highest BCUT2D eigenvalue weighted by Gasteiger charge is 2.23. The summed E-state index contributed by atoms with van der Waals surface area (Å²) >= 11 is 0. The van der Waals surface area contributed by atoms with Crippen LogP contribution < -0.4 is 10.6 Å². The maximum atomic E-state index is 12.1. The van der Waals surface area contributed by atoms with Crippen molar-refractivity contribution in [3.05, 3.63) is 48.0 Å². The summed E-state index contributed by atoms with van der Waals surface area (Å²) in [4.78, 5) is 16.4. The van der Waals surface area contributed by atoms with Crippen LogP contribution in [0.25, 0.3) is 5.69 Å². The lowest BCUT2D eigenvalue weighted by atomic mass is 10.1. The van der Waals surface area contributed by atoms with E-state index in [0.29, 0.717) is 0 Å². The highest BCUT2D eigenvalue weighted by atomic mass is 35.5. The van der Waals surface area contributed by atoms with Crippen molar-refractivity contribution in [3.63, 3.8) is 0 Å². The molecular weight excluding hydrogens is 347 g/mol. The van der Waals surface area contributed by atoms with Crippen molar-refractivity contribution in [1.29, 1.82) is 0 Å². The molecule has 24 heavy (non-hydrogen) atoms. The van der Waals surface area contributed by atoms with E-state index in [0.717, 1.165) is 36.5 Å². The Bertz CT molecular complexity index is 651. The molecule has 1 aromatic carbocycles. The predicted octanol–water partition coefficient (Wildman–Crippen LogP) is 2.95. The van der Waals surface area contributed by atoms with Gasteiger partial charge in [-0.25, -0.2) is 4.98 Å². The number of hydrogen-bond acceptors (Lipinski definition) is 3. The van der Waals surface area contributed by atoms with Gasteiger partial charge in [-0.2, -0.15) is 0 Å². The van der Waals surface area contributed by atoms with Crippen LogP contribution in [0.1, 0.15) is 37.2 Å². The number of imidazole rings is 1. The molecule has 0 aliphatic carbocycles. The smallest absolute Gasteiger partial charge is 0.237 e. The van der Waals surface area contributed by atoms with Gasteiger partial charge in [-0.1, -0.05) is 12.1 Å². The van der Waals surface area contributed by atoms with Gasteiger partial charge < -0.3 is 15.2 Å². The lowest BCUT2D eigenvalue weighted by Gasteiger charge is -2.18. The van der Waals surface area contributed by atoms with Crippen LogP contribution >= 0.6 is 24.8 Å². The number of nitrogens with one attached hydrogen (secondary N) is 2. The van der Waals surface area contributed by atoms with Gasteiger partial charge in [0.1, 0.15) is 5.82 Å². The Balaban J connectivity index is 0.00000144. The zero-order valence-corrected chi connectivity index (χ0v) is 15.5. The summed E-state index contributed by atoms with van der Waals surface area (Å²) < 4.78 is 2.04. The van der Waals surface area contributed by atoms with E-state index >= 15 is 0 Å². The molecule has 7 heteroatoms. The predicted molar refractivity (Wildman–Crippen MR) is 100 cm³/mol. The van der Waals surface area contributed by atoms with Gasteiger partial charge in [-0.05, 0) is 50.9 Å². The first kappa shape index (κ1) is 20.5. The minimum atomic E-state index is -0.0321. The summed E-state index contributed by atoms with van der Waals surface area (Å²) in [6.45, 7) is 4.93. The molecule has 0 spiro atoms. The Labute approximate surface area is 155 Å². The second-order valence-corrected chi connectivity index (χ2v) is 5.82. The Morgan fingerprint density at radius 3 is 2.58 bits per heavy atom. The molecule has 2 unspecified atom stereocenters. The summed E-state index contributed by atoms with van der Waals surface area (Å²) in [7, 11) is 0. The van der Waals surface area contributed by atoms with Gasteiger partial charge in [0, 0.05) is 18.1 Å². The molecule has 1 amide bonds. The van der Waals surface area contributed by atoms with Gasteiger partial charge in [0.25, 0.3) is 0 Å². The number of aromatic nitrogens is 2. The Morgan fingerprint density at radius 1 is 1.33 bits per heavy atom. The minimum absolute atomic E-state index is 0. The maximum Gasteiger partial charge on any atom is 0.237 e. The summed E-state index contributed by atoms with van der Waals surface area (Å²) in [6, 6.07) is 8.20. The normalized spacial score (nSPS) is 17.5. The number of benzene rings is 1. The summed E-state index contributed by atoms with van der Waals surface area (Å²) in [5, 5.41) is 6.31. The van der Waals surface area contributed by atoms with Crippen molar-refractivity contribution in [3.8, 4) is 5.69 Å². The van der Waals surface area contributed by atoms with Crippen LogP contribution in [0.15, 0.2) is 36.7 Å². The minimum Gasteiger partial charge on any atom is -0.348 e. The SMILES string of the molecule is Cc1nccn1-c1ccc(C(C)NC(=O)C2CCCN2)cc1.Cl.Cl. The summed E-state index contributed by atoms with van der Waals surface area (Å²) in [5.74, 6) is 1.06. The second-order valence-electron chi connectivity index (χ2n) is 5.82. The molecule has 0 bridgehead atoms. The van der Waals surface area contributed by atoms with Gasteiger partial charge >= 0.3 is 0 Å². The highest BCUT2D eigenvalue weighted by Crippen LogP contribution is 2.17. The standard InChI is InChI=1S/C17H22N4O.2ClH/c1-12(20-17(22)16-4-3-9-19-16)14-5-7-15(8-6-14)21-11-10-18-13(21)2;;/h5-8,10-12,16,19H,3-4,9H2,1-2H3,(H,20,22);2*1H. The molecule has 2 N–H and O–H groups in total. The molecular formula is C17H24Cl2N4O. The van der Waals surface area contributed by atoms with Crippen molar-refractivity contribution < 1.29 is 4.79 Å². The van der Waals surface area contributed by atoms with Crippen LogP contribution in [0.5, 0.6) is 0 Å². The molecule has 1 aromatic heterocycles. The van der Waals surface area contributed by atoms with Crippen LogP contribution in [-0.2, 0) is 4.79 Å². The van der Waals surface area contributed by atoms with Crippen molar-refractivity contribution >= 4 is 30.7 Å². The van der Waals surface area contributed by atoms with E-state index in [1.54, 1.807) is 6.20 Å². The Kier molecular flexibility index (Phi) is 7.73. The lowest BCUT2D eigenvalue weighted by Crippen LogP contribution is -2.41. The van der Waals surface area contributed by atoms with E-state index in [-0.39, 0.29) is 42.8 Å². The zero-order valence-electron chi connectivity index (χ0n) is 13.9. The fourth-order valence-electron chi connectivity index (χ4n) is 2.88. The number of aryl methyl sites for hydroxylation is 1. The Morgan fingerprint density at radius 2 is 2.04 bits per heavy atom. The van der Waals surface area contributed by atoms with Crippen LogP contribution in [0.3, 0.4) is 0 Å². The van der Waals surface area contributed by atoms with E-state index in [2.05, 4.69) is 39.9 Å². The third-order valence-corrected chi connectivity index (χ3v) is 4.23. The number of hydrogen-bond donors (Lipinski definition) is 2.